The van der Waals surface area contributed by atoms with Crippen LogP contribution in [-0.2, 0) is 11.8 Å². The third-order valence-electron chi connectivity index (χ3n) is 7.11. The van der Waals surface area contributed by atoms with Crippen LogP contribution >= 0.6 is 0 Å². The number of pyridine rings is 1. The van der Waals surface area contributed by atoms with E-state index in [-0.39, 0.29) is 17.8 Å². The average molecular weight is 493 g/mol. The van der Waals surface area contributed by atoms with Gasteiger partial charge in [0.25, 0.3) is 0 Å². The summed E-state index contributed by atoms with van der Waals surface area (Å²) in [7, 11) is 1.73. The fourth-order valence-corrected chi connectivity index (χ4v) is 4.94. The Balaban J connectivity index is 1.35. The van der Waals surface area contributed by atoms with Gasteiger partial charge in [0.05, 0.1) is 23.9 Å². The molecule has 8 nitrogen and oxygen atoms in total. The van der Waals surface area contributed by atoms with Gasteiger partial charge in [0, 0.05) is 49.9 Å². The number of hydrogen-bond acceptors (Lipinski definition) is 6. The smallest absolute Gasteiger partial charge is 0.330 e. The molecule has 1 aliphatic rings. The fraction of sp³-hybridized carbons (Fsp3) is 0.481. The number of halogens is 1. The summed E-state index contributed by atoms with van der Waals surface area (Å²) in [4.78, 5) is 19.7. The molecule has 9 heteroatoms. The van der Waals surface area contributed by atoms with E-state index in [2.05, 4.69) is 26.1 Å². The Kier molecular flexibility index (Phi) is 6.85. The van der Waals surface area contributed by atoms with Gasteiger partial charge in [-0.1, -0.05) is 12.1 Å². The molecule has 0 unspecified atom stereocenters. The molecule has 1 saturated heterocycles. The lowest BCUT2D eigenvalue weighted by molar-refractivity contribution is 0.0363. The van der Waals surface area contributed by atoms with E-state index in [1.54, 1.807) is 16.2 Å². The summed E-state index contributed by atoms with van der Waals surface area (Å²) >= 11 is 0. The number of imidazole rings is 1. The van der Waals surface area contributed by atoms with Gasteiger partial charge in [-0.25, -0.2) is 9.18 Å². The van der Waals surface area contributed by atoms with Crippen LogP contribution in [0, 0.1) is 0 Å². The van der Waals surface area contributed by atoms with Gasteiger partial charge in [-0.15, -0.1) is 10.2 Å². The average Bonchev–Trinajstić information content (AvgIpc) is 3.15. The number of aryl methyl sites for hydroxylation is 1. The van der Waals surface area contributed by atoms with Crippen LogP contribution < -0.4 is 5.69 Å². The Bertz CT molecular complexity index is 1420. The lowest BCUT2D eigenvalue weighted by atomic mass is 10.0. The van der Waals surface area contributed by atoms with Crippen molar-refractivity contribution in [2.45, 2.75) is 51.9 Å². The van der Waals surface area contributed by atoms with Gasteiger partial charge < -0.3 is 9.64 Å². The van der Waals surface area contributed by atoms with Crippen molar-refractivity contribution in [1.29, 1.82) is 0 Å². The second-order valence-corrected chi connectivity index (χ2v) is 9.91. The summed E-state index contributed by atoms with van der Waals surface area (Å²) < 4.78 is 22.6. The molecule has 1 atom stereocenters. The third-order valence-corrected chi connectivity index (χ3v) is 7.11. The van der Waals surface area contributed by atoms with Gasteiger partial charge in [0.15, 0.2) is 5.65 Å². The highest BCUT2D eigenvalue weighted by molar-refractivity contribution is 6.02. The summed E-state index contributed by atoms with van der Waals surface area (Å²) in [5, 5.41) is 9.54. The van der Waals surface area contributed by atoms with E-state index in [1.807, 2.05) is 51.2 Å². The molecule has 1 aliphatic heterocycles. The predicted octanol–water partition coefficient (Wildman–Crippen LogP) is 4.44. The minimum Gasteiger partial charge on any atom is -0.371 e. The zero-order valence-electron chi connectivity index (χ0n) is 21.3. The molecule has 4 aromatic rings. The van der Waals surface area contributed by atoms with E-state index in [1.165, 1.54) is 0 Å². The van der Waals surface area contributed by atoms with Crippen LogP contribution in [0.3, 0.4) is 0 Å². The number of alkyl halides is 1. The van der Waals surface area contributed by atoms with Crippen molar-refractivity contribution >= 4 is 22.1 Å². The van der Waals surface area contributed by atoms with Crippen LogP contribution in [0.25, 0.3) is 33.2 Å². The SMILES string of the molecule is CC(C)n1c(=O)n(C)c2nnc3ccc(-c4ccc([C@@H](C)OCCN5CCC(F)CC5)nc4)cc3c21. The van der Waals surface area contributed by atoms with Crippen molar-refractivity contribution in [2.24, 2.45) is 7.05 Å². The summed E-state index contributed by atoms with van der Waals surface area (Å²) in [6.45, 7) is 8.99. The van der Waals surface area contributed by atoms with E-state index in [0.717, 1.165) is 52.9 Å². The Morgan fingerprint density at radius 3 is 2.53 bits per heavy atom. The number of hydrogen-bond donors (Lipinski definition) is 0. The van der Waals surface area contributed by atoms with E-state index in [4.69, 9.17) is 4.74 Å². The van der Waals surface area contributed by atoms with Gasteiger partial charge in [0.2, 0.25) is 0 Å². The summed E-state index contributed by atoms with van der Waals surface area (Å²) in [5.41, 5.74) is 4.85. The fourth-order valence-electron chi connectivity index (χ4n) is 4.94. The van der Waals surface area contributed by atoms with Crippen LogP contribution in [0.15, 0.2) is 41.3 Å². The molecule has 0 N–H and O–H groups in total. The Labute approximate surface area is 209 Å². The van der Waals surface area contributed by atoms with Crippen molar-refractivity contribution in [3.05, 3.63) is 52.7 Å². The summed E-state index contributed by atoms with van der Waals surface area (Å²) in [6, 6.07) is 10.0. The molecule has 1 fully saturated rings. The number of nitrogens with zero attached hydrogens (tertiary/aromatic N) is 6. The molecule has 4 heterocycles. The molecule has 0 amide bonds. The maximum Gasteiger partial charge on any atom is 0.330 e. The van der Waals surface area contributed by atoms with Gasteiger partial charge in [-0.05, 0) is 57.4 Å². The van der Waals surface area contributed by atoms with Gasteiger partial charge in [0.1, 0.15) is 11.7 Å². The molecule has 0 bridgehead atoms. The predicted molar refractivity (Wildman–Crippen MR) is 139 cm³/mol. The minimum absolute atomic E-state index is 0.00443. The van der Waals surface area contributed by atoms with Crippen molar-refractivity contribution in [1.82, 2.24) is 29.2 Å². The first-order valence-corrected chi connectivity index (χ1v) is 12.6. The van der Waals surface area contributed by atoms with E-state index < -0.39 is 6.17 Å². The highest BCUT2D eigenvalue weighted by Gasteiger charge is 2.20. The summed E-state index contributed by atoms with van der Waals surface area (Å²) in [6.07, 6.45) is 2.30. The molecule has 190 valence electrons. The normalized spacial score (nSPS) is 16.4. The van der Waals surface area contributed by atoms with E-state index >= 15 is 0 Å². The number of fused-ring (bicyclic) bond motifs is 3. The molecular formula is C27H33FN6O2. The highest BCUT2D eigenvalue weighted by atomic mass is 19.1. The molecular weight excluding hydrogens is 459 g/mol. The van der Waals surface area contributed by atoms with Crippen LogP contribution in [0.5, 0.6) is 0 Å². The van der Waals surface area contributed by atoms with Gasteiger partial charge >= 0.3 is 5.69 Å². The molecule has 0 spiro atoms. The zero-order chi connectivity index (χ0) is 25.4. The number of benzene rings is 1. The van der Waals surface area contributed by atoms with Gasteiger partial charge in [-0.2, -0.15) is 0 Å². The number of likely N-dealkylation sites (tertiary alicyclic amines) is 1. The lowest BCUT2D eigenvalue weighted by Gasteiger charge is -2.28. The standard InChI is InChI=1S/C27H33FN6O2/c1-17(2)34-25-22-15-19(5-8-24(22)30-31-26(25)32(4)27(34)35)20-6-7-23(29-16-20)18(3)36-14-13-33-11-9-21(28)10-12-33/h5-8,15-18,21H,9-14H2,1-4H3/t18-/m1/s1. The first-order chi connectivity index (χ1) is 17.3. The maximum absolute atomic E-state index is 13.3. The monoisotopic (exact) mass is 492 g/mol. The van der Waals surface area contributed by atoms with Crippen molar-refractivity contribution in [2.75, 3.05) is 26.2 Å². The topological polar surface area (TPSA) is 78.1 Å². The van der Waals surface area contributed by atoms with E-state index in [0.29, 0.717) is 25.1 Å². The van der Waals surface area contributed by atoms with Crippen LogP contribution in [-0.4, -0.2) is 61.6 Å². The number of ether oxygens (including phenoxy) is 1. The molecule has 1 aromatic carbocycles. The minimum atomic E-state index is -0.654. The van der Waals surface area contributed by atoms with Crippen LogP contribution in [0.4, 0.5) is 4.39 Å². The Morgan fingerprint density at radius 1 is 1.08 bits per heavy atom. The second-order valence-electron chi connectivity index (χ2n) is 9.91. The van der Waals surface area contributed by atoms with Crippen molar-refractivity contribution in [3.8, 4) is 11.1 Å². The van der Waals surface area contributed by atoms with Crippen molar-refractivity contribution in [3.63, 3.8) is 0 Å². The summed E-state index contributed by atoms with van der Waals surface area (Å²) in [5.74, 6) is 0. The molecule has 0 radical (unpaired) electrons. The van der Waals surface area contributed by atoms with Crippen molar-refractivity contribution < 1.29 is 9.13 Å². The number of rotatable bonds is 7. The maximum atomic E-state index is 13.3. The Hall–Kier alpha value is -3.17. The molecule has 0 saturated carbocycles. The first kappa shape index (κ1) is 24.5. The first-order valence-electron chi connectivity index (χ1n) is 12.6. The quantitative estimate of drug-likeness (QED) is 0.380. The van der Waals surface area contributed by atoms with E-state index in [9.17, 15) is 9.18 Å². The molecule has 0 aliphatic carbocycles. The molecule has 5 rings (SSSR count). The number of aromatic nitrogens is 5. The second kappa shape index (κ2) is 10.1. The number of piperidine rings is 1. The lowest BCUT2D eigenvalue weighted by Crippen LogP contribution is -2.36. The zero-order valence-corrected chi connectivity index (χ0v) is 21.3. The van der Waals surface area contributed by atoms with Crippen LogP contribution in [0.1, 0.15) is 51.5 Å². The Morgan fingerprint density at radius 2 is 1.83 bits per heavy atom. The molecule has 3 aromatic heterocycles. The highest BCUT2D eigenvalue weighted by Crippen LogP contribution is 2.29. The van der Waals surface area contributed by atoms with Gasteiger partial charge in [-0.3, -0.25) is 14.1 Å². The third kappa shape index (κ3) is 4.65. The van der Waals surface area contributed by atoms with Crippen LogP contribution in [0.2, 0.25) is 0 Å². The molecule has 36 heavy (non-hydrogen) atoms. The largest absolute Gasteiger partial charge is 0.371 e.